The van der Waals surface area contributed by atoms with Crippen LogP contribution in [-0.2, 0) is 0 Å². The molecule has 2 atom stereocenters. The Labute approximate surface area is 62.8 Å². The molecule has 10 heavy (non-hydrogen) atoms. The highest BCUT2D eigenvalue weighted by Crippen LogP contribution is 2.25. The van der Waals surface area contributed by atoms with Gasteiger partial charge in [0.2, 0.25) is 0 Å². The summed E-state index contributed by atoms with van der Waals surface area (Å²) in [5, 5.41) is 9.35. The molecule has 0 fully saturated rings. The minimum atomic E-state index is -0.0877. The first-order valence-corrected chi connectivity index (χ1v) is 4.10. The fourth-order valence-electron chi connectivity index (χ4n) is 1.44. The van der Waals surface area contributed by atoms with Gasteiger partial charge < -0.3 is 5.11 Å². The van der Waals surface area contributed by atoms with Gasteiger partial charge >= 0.3 is 0 Å². The van der Waals surface area contributed by atoms with Crippen LogP contribution in [0.2, 0.25) is 0 Å². The van der Waals surface area contributed by atoms with Gasteiger partial charge in [-0.2, -0.15) is 0 Å². The zero-order chi connectivity index (χ0) is 7.56. The van der Waals surface area contributed by atoms with E-state index in [9.17, 15) is 5.11 Å². The van der Waals surface area contributed by atoms with Gasteiger partial charge in [-0.25, -0.2) is 0 Å². The lowest BCUT2D eigenvalue weighted by Gasteiger charge is -2.23. The lowest BCUT2D eigenvalue weighted by atomic mass is 9.87. The maximum absolute atomic E-state index is 9.35. The third-order valence-electron chi connectivity index (χ3n) is 2.34. The van der Waals surface area contributed by atoms with Crippen LogP contribution in [0, 0.1) is 5.92 Å². The van der Waals surface area contributed by atoms with Crippen molar-refractivity contribution in [1.82, 2.24) is 0 Å². The first-order valence-electron chi connectivity index (χ1n) is 4.10. The van der Waals surface area contributed by atoms with E-state index in [-0.39, 0.29) is 6.10 Å². The molecule has 1 rings (SSSR count). The molecule has 0 saturated carbocycles. The maximum atomic E-state index is 9.35. The number of aliphatic hydroxyl groups is 1. The van der Waals surface area contributed by atoms with Crippen LogP contribution >= 0.6 is 0 Å². The van der Waals surface area contributed by atoms with E-state index in [1.54, 1.807) is 0 Å². The molecule has 0 aromatic rings. The molecule has 0 saturated heterocycles. The molecule has 0 radical (unpaired) electrons. The highest BCUT2D eigenvalue weighted by molar-refractivity contribution is 5.07. The highest BCUT2D eigenvalue weighted by Gasteiger charge is 2.18. The lowest BCUT2D eigenvalue weighted by Crippen LogP contribution is -2.20. The van der Waals surface area contributed by atoms with Gasteiger partial charge in [0, 0.05) is 0 Å². The Morgan fingerprint density at radius 2 is 2.40 bits per heavy atom. The van der Waals surface area contributed by atoms with Crippen LogP contribution in [0.1, 0.15) is 33.1 Å². The van der Waals surface area contributed by atoms with Gasteiger partial charge in [-0.3, -0.25) is 0 Å². The largest absolute Gasteiger partial charge is 0.393 e. The Bertz CT molecular complexity index is 138. The zero-order valence-electron chi connectivity index (χ0n) is 6.80. The standard InChI is InChI=1S/C9H16O/c1-3-8-4-5-9(10)7(2)6-8/h4,7,9-10H,3,5-6H2,1-2H3. The summed E-state index contributed by atoms with van der Waals surface area (Å²) in [5.41, 5.74) is 1.51. The Hall–Kier alpha value is -0.300. The summed E-state index contributed by atoms with van der Waals surface area (Å²) >= 11 is 0. The molecule has 1 heteroatoms. The molecule has 0 aromatic carbocycles. The topological polar surface area (TPSA) is 20.2 Å². The molecule has 0 aromatic heterocycles. The van der Waals surface area contributed by atoms with Gasteiger partial charge in [-0.15, -0.1) is 0 Å². The molecule has 0 bridgehead atoms. The van der Waals surface area contributed by atoms with Gasteiger partial charge in [0.25, 0.3) is 0 Å². The molecule has 1 aliphatic rings. The van der Waals surface area contributed by atoms with E-state index in [1.165, 1.54) is 5.57 Å². The molecule has 0 amide bonds. The molecular weight excluding hydrogens is 124 g/mol. The number of hydrogen-bond acceptors (Lipinski definition) is 1. The molecule has 1 N–H and O–H groups in total. The minimum Gasteiger partial charge on any atom is -0.393 e. The number of allylic oxidation sites excluding steroid dienone is 1. The second-order valence-electron chi connectivity index (χ2n) is 3.20. The van der Waals surface area contributed by atoms with Crippen molar-refractivity contribution in [3.63, 3.8) is 0 Å². The smallest absolute Gasteiger partial charge is 0.0603 e. The average Bonchev–Trinajstić information content (AvgIpc) is 1.95. The number of rotatable bonds is 1. The van der Waals surface area contributed by atoms with E-state index in [2.05, 4.69) is 19.9 Å². The molecule has 0 spiro atoms. The molecule has 0 aliphatic heterocycles. The van der Waals surface area contributed by atoms with E-state index >= 15 is 0 Å². The quantitative estimate of drug-likeness (QED) is 0.553. The predicted molar refractivity (Wildman–Crippen MR) is 42.8 cm³/mol. The summed E-state index contributed by atoms with van der Waals surface area (Å²) < 4.78 is 0. The molecule has 1 aliphatic carbocycles. The van der Waals surface area contributed by atoms with Crippen molar-refractivity contribution in [3.05, 3.63) is 11.6 Å². The fraction of sp³-hybridized carbons (Fsp3) is 0.778. The van der Waals surface area contributed by atoms with Crippen molar-refractivity contribution in [2.45, 2.75) is 39.2 Å². The normalized spacial score (nSPS) is 33.7. The molecule has 58 valence electrons. The lowest BCUT2D eigenvalue weighted by molar-refractivity contribution is 0.112. The minimum absolute atomic E-state index is 0.0877. The van der Waals surface area contributed by atoms with Crippen molar-refractivity contribution in [1.29, 1.82) is 0 Å². The van der Waals surface area contributed by atoms with Crippen molar-refractivity contribution in [3.8, 4) is 0 Å². The highest BCUT2D eigenvalue weighted by atomic mass is 16.3. The van der Waals surface area contributed by atoms with Crippen LogP contribution in [0.3, 0.4) is 0 Å². The Balaban J connectivity index is 2.52. The Kier molecular flexibility index (Phi) is 2.50. The monoisotopic (exact) mass is 140 g/mol. The van der Waals surface area contributed by atoms with E-state index < -0.39 is 0 Å². The SMILES string of the molecule is CCC1=CCC(O)C(C)C1. The van der Waals surface area contributed by atoms with E-state index in [1.807, 2.05) is 0 Å². The van der Waals surface area contributed by atoms with Crippen molar-refractivity contribution in [2.75, 3.05) is 0 Å². The molecule has 0 heterocycles. The van der Waals surface area contributed by atoms with E-state index in [0.717, 1.165) is 19.3 Å². The number of hydrogen-bond donors (Lipinski definition) is 1. The zero-order valence-corrected chi connectivity index (χ0v) is 6.80. The first kappa shape index (κ1) is 7.80. The second kappa shape index (κ2) is 3.20. The van der Waals surface area contributed by atoms with Crippen LogP contribution in [0.4, 0.5) is 0 Å². The number of aliphatic hydroxyl groups excluding tert-OH is 1. The van der Waals surface area contributed by atoms with Gasteiger partial charge in [-0.05, 0) is 25.2 Å². The van der Waals surface area contributed by atoms with Crippen LogP contribution in [0.5, 0.6) is 0 Å². The molecule has 1 nitrogen and oxygen atoms in total. The Morgan fingerprint density at radius 1 is 1.70 bits per heavy atom. The third-order valence-corrected chi connectivity index (χ3v) is 2.34. The Morgan fingerprint density at radius 3 is 2.90 bits per heavy atom. The summed E-state index contributed by atoms with van der Waals surface area (Å²) in [4.78, 5) is 0. The van der Waals surface area contributed by atoms with Gasteiger partial charge in [0.15, 0.2) is 0 Å². The maximum Gasteiger partial charge on any atom is 0.0603 e. The fourth-order valence-corrected chi connectivity index (χ4v) is 1.44. The van der Waals surface area contributed by atoms with Gasteiger partial charge in [-0.1, -0.05) is 25.5 Å². The molecule has 2 unspecified atom stereocenters. The average molecular weight is 140 g/mol. The third kappa shape index (κ3) is 1.60. The van der Waals surface area contributed by atoms with Crippen molar-refractivity contribution in [2.24, 2.45) is 5.92 Å². The predicted octanol–water partition coefficient (Wildman–Crippen LogP) is 2.11. The summed E-state index contributed by atoms with van der Waals surface area (Å²) in [7, 11) is 0. The second-order valence-corrected chi connectivity index (χ2v) is 3.20. The summed E-state index contributed by atoms with van der Waals surface area (Å²) in [6.07, 6.45) is 5.21. The van der Waals surface area contributed by atoms with Crippen LogP contribution < -0.4 is 0 Å². The van der Waals surface area contributed by atoms with Crippen LogP contribution in [-0.4, -0.2) is 11.2 Å². The van der Waals surface area contributed by atoms with Crippen molar-refractivity contribution >= 4 is 0 Å². The summed E-state index contributed by atoms with van der Waals surface area (Å²) in [6, 6.07) is 0. The molecular formula is C9H16O. The van der Waals surface area contributed by atoms with Crippen LogP contribution in [0.25, 0.3) is 0 Å². The van der Waals surface area contributed by atoms with Gasteiger partial charge in [0.05, 0.1) is 6.10 Å². The summed E-state index contributed by atoms with van der Waals surface area (Å²) in [5.74, 6) is 0.472. The van der Waals surface area contributed by atoms with Crippen LogP contribution in [0.15, 0.2) is 11.6 Å². The van der Waals surface area contributed by atoms with E-state index in [0.29, 0.717) is 5.92 Å². The first-order chi connectivity index (χ1) is 4.74. The van der Waals surface area contributed by atoms with E-state index in [4.69, 9.17) is 0 Å². The summed E-state index contributed by atoms with van der Waals surface area (Å²) in [6.45, 7) is 4.30. The van der Waals surface area contributed by atoms with Gasteiger partial charge in [0.1, 0.15) is 0 Å². The van der Waals surface area contributed by atoms with Crippen molar-refractivity contribution < 1.29 is 5.11 Å².